The highest BCUT2D eigenvalue weighted by molar-refractivity contribution is 6.36. The van der Waals surface area contributed by atoms with Crippen LogP contribution in [0.4, 0.5) is 0 Å². The zero-order valence-electron chi connectivity index (χ0n) is 11.2. The largest absolute Gasteiger partial charge is 0.497 e. The molecular formula is C15H11ClN4O. The molecule has 104 valence electrons. The number of hydrogen-bond donors (Lipinski definition) is 0. The van der Waals surface area contributed by atoms with E-state index in [1.807, 2.05) is 30.3 Å². The molecule has 0 fully saturated rings. The molecular weight excluding hydrogens is 288 g/mol. The minimum atomic E-state index is 0.355. The van der Waals surface area contributed by atoms with E-state index in [4.69, 9.17) is 21.6 Å². The fraction of sp³-hybridized carbons (Fsp3) is 0.133. The van der Waals surface area contributed by atoms with Crippen molar-refractivity contribution >= 4 is 22.6 Å². The maximum atomic E-state index is 8.96. The molecule has 0 aliphatic rings. The summed E-state index contributed by atoms with van der Waals surface area (Å²) in [6.07, 6.45) is 3.10. The van der Waals surface area contributed by atoms with E-state index in [2.05, 4.69) is 10.1 Å². The lowest BCUT2D eigenvalue weighted by molar-refractivity contribution is 0.414. The molecule has 0 bridgehead atoms. The van der Waals surface area contributed by atoms with Gasteiger partial charge in [0.25, 0.3) is 0 Å². The van der Waals surface area contributed by atoms with Gasteiger partial charge in [0.05, 0.1) is 35.8 Å². The van der Waals surface area contributed by atoms with Gasteiger partial charge in [-0.3, -0.25) is 0 Å². The summed E-state index contributed by atoms with van der Waals surface area (Å²) < 4.78 is 6.89. The first-order chi connectivity index (χ1) is 10.2. The fourth-order valence-corrected chi connectivity index (χ4v) is 2.32. The fourth-order valence-electron chi connectivity index (χ4n) is 2.09. The third-order valence-electron chi connectivity index (χ3n) is 3.21. The molecule has 0 saturated heterocycles. The minimum Gasteiger partial charge on any atom is -0.497 e. The van der Waals surface area contributed by atoms with Gasteiger partial charge in [0.15, 0.2) is 5.65 Å². The van der Waals surface area contributed by atoms with E-state index < -0.39 is 0 Å². The summed E-state index contributed by atoms with van der Waals surface area (Å²) in [5.74, 6) is 0.809. The van der Waals surface area contributed by atoms with Crippen molar-refractivity contribution in [2.75, 3.05) is 7.11 Å². The number of ether oxygens (including phenoxy) is 1. The molecule has 2 heterocycles. The Bertz CT molecular complexity index is 833. The predicted molar refractivity (Wildman–Crippen MR) is 79.3 cm³/mol. The van der Waals surface area contributed by atoms with Gasteiger partial charge in [0.1, 0.15) is 11.8 Å². The van der Waals surface area contributed by atoms with Crippen molar-refractivity contribution in [2.45, 2.75) is 6.54 Å². The van der Waals surface area contributed by atoms with Crippen molar-refractivity contribution in [1.29, 1.82) is 5.26 Å². The van der Waals surface area contributed by atoms with Gasteiger partial charge in [0.2, 0.25) is 0 Å². The molecule has 2 aromatic heterocycles. The van der Waals surface area contributed by atoms with Crippen LogP contribution in [0.1, 0.15) is 11.1 Å². The third kappa shape index (κ3) is 2.41. The minimum absolute atomic E-state index is 0.355. The molecule has 0 aliphatic carbocycles. The van der Waals surface area contributed by atoms with Crippen LogP contribution in [0.2, 0.25) is 5.02 Å². The first kappa shape index (κ1) is 13.4. The van der Waals surface area contributed by atoms with E-state index in [1.54, 1.807) is 18.0 Å². The van der Waals surface area contributed by atoms with E-state index in [0.717, 1.165) is 11.3 Å². The topological polar surface area (TPSA) is 63.7 Å². The molecule has 6 heteroatoms. The van der Waals surface area contributed by atoms with Crippen molar-refractivity contribution in [3.05, 3.63) is 52.8 Å². The van der Waals surface area contributed by atoms with E-state index >= 15 is 0 Å². The van der Waals surface area contributed by atoms with Crippen LogP contribution in [0.3, 0.4) is 0 Å². The molecule has 0 N–H and O–H groups in total. The Labute approximate surface area is 126 Å². The Morgan fingerprint density at radius 2 is 2.05 bits per heavy atom. The molecule has 3 aromatic rings. The smallest absolute Gasteiger partial charge is 0.159 e. The highest BCUT2D eigenvalue weighted by atomic mass is 35.5. The molecule has 0 spiro atoms. The lowest BCUT2D eigenvalue weighted by Gasteiger charge is -2.05. The average molecular weight is 299 g/mol. The Kier molecular flexibility index (Phi) is 3.46. The summed E-state index contributed by atoms with van der Waals surface area (Å²) >= 11 is 6.17. The zero-order chi connectivity index (χ0) is 14.8. The second-order valence-corrected chi connectivity index (χ2v) is 4.86. The molecule has 3 rings (SSSR count). The van der Waals surface area contributed by atoms with Crippen molar-refractivity contribution in [3.8, 4) is 11.8 Å². The van der Waals surface area contributed by atoms with Crippen LogP contribution in [-0.2, 0) is 6.54 Å². The highest BCUT2D eigenvalue weighted by Gasteiger charge is 2.11. The summed E-state index contributed by atoms with van der Waals surface area (Å²) in [5.41, 5.74) is 2.09. The Balaban J connectivity index is 1.97. The average Bonchev–Trinajstić information content (AvgIpc) is 2.92. The van der Waals surface area contributed by atoms with Crippen LogP contribution in [0.5, 0.6) is 5.75 Å². The second-order valence-electron chi connectivity index (χ2n) is 4.49. The number of pyridine rings is 1. The number of aromatic nitrogens is 3. The van der Waals surface area contributed by atoms with Crippen molar-refractivity contribution in [3.63, 3.8) is 0 Å². The normalized spacial score (nSPS) is 10.5. The number of rotatable bonds is 3. The van der Waals surface area contributed by atoms with E-state index in [9.17, 15) is 0 Å². The van der Waals surface area contributed by atoms with Crippen molar-refractivity contribution in [2.24, 2.45) is 0 Å². The number of nitrogens with zero attached hydrogens (tertiary/aromatic N) is 4. The highest BCUT2D eigenvalue weighted by Crippen LogP contribution is 2.25. The molecule has 21 heavy (non-hydrogen) atoms. The maximum absolute atomic E-state index is 8.96. The predicted octanol–water partition coefficient (Wildman–Crippen LogP) is 3.01. The van der Waals surface area contributed by atoms with Gasteiger partial charge < -0.3 is 4.74 Å². The summed E-state index contributed by atoms with van der Waals surface area (Å²) in [5, 5.41) is 14.3. The molecule has 0 saturated carbocycles. The monoisotopic (exact) mass is 298 g/mol. The van der Waals surface area contributed by atoms with Crippen LogP contribution in [-0.4, -0.2) is 21.9 Å². The molecule has 5 nitrogen and oxygen atoms in total. The Morgan fingerprint density at radius 1 is 1.29 bits per heavy atom. The van der Waals surface area contributed by atoms with E-state index in [0.29, 0.717) is 28.2 Å². The molecule has 1 aromatic carbocycles. The molecule has 0 aliphatic heterocycles. The van der Waals surface area contributed by atoms with Gasteiger partial charge in [-0.15, -0.1) is 0 Å². The molecule has 0 radical (unpaired) electrons. The Morgan fingerprint density at radius 3 is 2.71 bits per heavy atom. The summed E-state index contributed by atoms with van der Waals surface area (Å²) in [4.78, 5) is 4.27. The standard InChI is InChI=1S/C15H11ClN4O/c1-21-12-4-2-10(3-5-12)9-20-15-13(8-19-20)14(16)11(6-17)7-18-15/h2-5,7-8H,9H2,1H3. The summed E-state index contributed by atoms with van der Waals surface area (Å²) in [6.45, 7) is 0.572. The van der Waals surface area contributed by atoms with Gasteiger partial charge in [0, 0.05) is 6.20 Å². The van der Waals surface area contributed by atoms with Crippen LogP contribution >= 0.6 is 11.6 Å². The number of methoxy groups -OCH3 is 1. The quantitative estimate of drug-likeness (QED) is 0.745. The molecule has 0 unspecified atom stereocenters. The lowest BCUT2D eigenvalue weighted by Crippen LogP contribution is -2.02. The molecule has 0 atom stereocenters. The number of hydrogen-bond acceptors (Lipinski definition) is 4. The first-order valence-electron chi connectivity index (χ1n) is 6.26. The van der Waals surface area contributed by atoms with E-state index in [1.165, 1.54) is 6.20 Å². The van der Waals surface area contributed by atoms with Gasteiger partial charge in [-0.05, 0) is 17.7 Å². The van der Waals surface area contributed by atoms with E-state index in [-0.39, 0.29) is 0 Å². The van der Waals surface area contributed by atoms with Crippen molar-refractivity contribution < 1.29 is 4.74 Å². The molecule has 0 amide bonds. The van der Waals surface area contributed by atoms with Gasteiger partial charge in [-0.25, -0.2) is 9.67 Å². The first-order valence-corrected chi connectivity index (χ1v) is 6.64. The van der Waals surface area contributed by atoms with Crippen LogP contribution in [0.15, 0.2) is 36.7 Å². The van der Waals surface area contributed by atoms with Crippen LogP contribution < -0.4 is 4.74 Å². The summed E-state index contributed by atoms with van der Waals surface area (Å²) in [6, 6.07) is 9.75. The Hall–Kier alpha value is -2.58. The van der Waals surface area contributed by atoms with Gasteiger partial charge >= 0.3 is 0 Å². The maximum Gasteiger partial charge on any atom is 0.159 e. The van der Waals surface area contributed by atoms with Crippen LogP contribution in [0.25, 0.3) is 11.0 Å². The van der Waals surface area contributed by atoms with Gasteiger partial charge in [-0.1, -0.05) is 23.7 Å². The number of nitriles is 1. The van der Waals surface area contributed by atoms with Crippen LogP contribution in [0, 0.1) is 11.3 Å². The zero-order valence-corrected chi connectivity index (χ0v) is 12.0. The SMILES string of the molecule is COc1ccc(Cn2ncc3c(Cl)c(C#N)cnc32)cc1. The second kappa shape index (κ2) is 5.43. The lowest BCUT2D eigenvalue weighted by atomic mass is 10.2. The number of halogens is 1. The number of benzene rings is 1. The third-order valence-corrected chi connectivity index (χ3v) is 3.62. The summed E-state index contributed by atoms with van der Waals surface area (Å²) in [7, 11) is 1.63. The van der Waals surface area contributed by atoms with Crippen molar-refractivity contribution in [1.82, 2.24) is 14.8 Å². The number of fused-ring (bicyclic) bond motifs is 1. The van der Waals surface area contributed by atoms with Gasteiger partial charge in [-0.2, -0.15) is 10.4 Å².